The van der Waals surface area contributed by atoms with E-state index in [1.54, 1.807) is 24.3 Å². The molecule has 0 bridgehead atoms. The summed E-state index contributed by atoms with van der Waals surface area (Å²) in [4.78, 5) is 4.72. The first-order valence-electron chi connectivity index (χ1n) is 24.6. The Labute approximate surface area is 395 Å². The van der Waals surface area contributed by atoms with Gasteiger partial charge in [-0.15, -0.1) is 0 Å². The van der Waals surface area contributed by atoms with Gasteiger partial charge in [0.15, 0.2) is 0 Å². The van der Waals surface area contributed by atoms with Crippen molar-refractivity contribution in [3.63, 3.8) is 0 Å². The monoisotopic (exact) mass is 918 g/mol. The maximum Gasteiger partial charge on any atom is 0.416 e. The van der Waals surface area contributed by atoms with Crippen LogP contribution in [0.4, 0.5) is 49.1 Å². The number of rotatable bonds is 4. The fourth-order valence-corrected chi connectivity index (χ4v) is 14.1. The molecule has 0 aromatic heterocycles. The highest BCUT2D eigenvalue weighted by molar-refractivity contribution is 6.09. The molecule has 68 heavy (non-hydrogen) atoms. The minimum atomic E-state index is -4.40. The quantitative estimate of drug-likeness (QED) is 0.163. The summed E-state index contributed by atoms with van der Waals surface area (Å²) < 4.78 is 82.4. The lowest BCUT2D eigenvalue weighted by atomic mass is 9.57. The van der Waals surface area contributed by atoms with Gasteiger partial charge in [-0.1, -0.05) is 100 Å². The Morgan fingerprint density at radius 1 is 0.544 bits per heavy atom. The molecule has 0 saturated heterocycles. The van der Waals surface area contributed by atoms with Crippen molar-refractivity contribution in [2.75, 3.05) is 9.80 Å². The largest absolute Gasteiger partial charge is 0.416 e. The van der Waals surface area contributed by atoms with Crippen molar-refractivity contribution < 1.29 is 26.3 Å². The third-order valence-corrected chi connectivity index (χ3v) is 18.2. The van der Waals surface area contributed by atoms with Crippen molar-refractivity contribution in [1.29, 1.82) is 0 Å². The number of hydrogen-bond donors (Lipinski definition) is 0. The van der Waals surface area contributed by atoms with E-state index >= 15 is 0 Å². The fraction of sp³-hybridized carbons (Fsp3) is 0.367. The number of fused-ring (bicyclic) bond motifs is 4. The molecule has 348 valence electrons. The maximum atomic E-state index is 13.7. The van der Waals surface area contributed by atoms with Gasteiger partial charge in [0, 0.05) is 39.7 Å². The van der Waals surface area contributed by atoms with Gasteiger partial charge in [0.05, 0.1) is 11.1 Å². The topological polar surface area (TPSA) is 6.48 Å². The van der Waals surface area contributed by atoms with Crippen LogP contribution in [0, 0.1) is 10.8 Å². The van der Waals surface area contributed by atoms with Crippen LogP contribution in [0.15, 0.2) is 121 Å². The molecule has 6 aromatic rings. The van der Waals surface area contributed by atoms with Crippen LogP contribution in [0.2, 0.25) is 0 Å². The smallest absolute Gasteiger partial charge is 0.335 e. The van der Waals surface area contributed by atoms with Crippen LogP contribution in [0.5, 0.6) is 0 Å². The Bertz CT molecular complexity index is 3110. The molecule has 6 aliphatic rings. The molecule has 5 atom stereocenters. The summed E-state index contributed by atoms with van der Waals surface area (Å²) >= 11 is 0. The standard InChI is InChI=1S/C60H56F6N2/c1-55-29-5-7-31-57(55,3)67(45-19-15-43(16-20-45)59(61,62)63)51-27-13-39(33-41(51)35-55)47-23-9-37-12-26-50-48(24-10-38-11-25-49(47)53(37)54(38)50)40-14-28-52-42(34-40)36-56(2)30-6-8-32-58(56,4)68(52)46-21-17-44(18-22-46)60(64,65)66/h9-11,13-28,33-34,48H,5-8,12,29-32,35-36H2,1-4H3. The van der Waals surface area contributed by atoms with Gasteiger partial charge in [0.1, 0.15) is 0 Å². The number of allylic oxidation sites excluding steroid dienone is 3. The zero-order chi connectivity index (χ0) is 47.2. The predicted molar refractivity (Wildman–Crippen MR) is 264 cm³/mol. The first-order valence-corrected chi connectivity index (χ1v) is 24.6. The summed E-state index contributed by atoms with van der Waals surface area (Å²) in [6.07, 6.45) is 9.38. The van der Waals surface area contributed by atoms with E-state index in [1.165, 1.54) is 79.6 Å². The Hall–Kier alpha value is -5.76. The first-order chi connectivity index (χ1) is 32.4. The molecule has 2 saturated carbocycles. The van der Waals surface area contributed by atoms with E-state index < -0.39 is 23.5 Å². The van der Waals surface area contributed by atoms with Gasteiger partial charge in [-0.25, -0.2) is 0 Å². The van der Waals surface area contributed by atoms with Crippen LogP contribution in [0.25, 0.3) is 33.5 Å². The van der Waals surface area contributed by atoms with Crippen LogP contribution in [-0.2, 0) is 31.6 Å². The average molecular weight is 919 g/mol. The van der Waals surface area contributed by atoms with Gasteiger partial charge in [0.2, 0.25) is 0 Å². The number of nitrogens with zero attached hydrogens (tertiary/aromatic N) is 2. The lowest BCUT2D eigenvalue weighted by molar-refractivity contribution is -0.138. The number of halogens is 6. The summed E-state index contributed by atoms with van der Waals surface area (Å²) in [5.74, 6) is 0.0349. The highest BCUT2D eigenvalue weighted by Gasteiger charge is 2.55. The molecule has 0 radical (unpaired) electrons. The lowest BCUT2D eigenvalue weighted by Crippen LogP contribution is -2.60. The maximum absolute atomic E-state index is 13.7. The summed E-state index contributed by atoms with van der Waals surface area (Å²) in [7, 11) is 0. The molecule has 8 heteroatoms. The molecular formula is C60H56F6N2. The number of benzene rings is 6. The minimum Gasteiger partial charge on any atom is -0.335 e. The Balaban J connectivity index is 0.924. The van der Waals surface area contributed by atoms with E-state index in [0.717, 1.165) is 98.9 Å². The summed E-state index contributed by atoms with van der Waals surface area (Å²) in [5, 5.41) is 2.51. The third-order valence-electron chi connectivity index (χ3n) is 18.2. The summed E-state index contributed by atoms with van der Waals surface area (Å²) in [6, 6.07) is 34.3. The SMILES string of the molecule is CC12CCCCC1(C)N(c1ccc(C(F)(F)F)cc1)c1ccc(-c3ccc4c5c6c(ccc35)C=CC(c3ccc5c(c3)CC3(C)CCCCC3(C)N5c3ccc(C(F)(F)F)cc3)C6=CC4)cc1C2. The van der Waals surface area contributed by atoms with Crippen molar-refractivity contribution in [2.45, 2.75) is 128 Å². The van der Waals surface area contributed by atoms with Crippen molar-refractivity contribution in [1.82, 2.24) is 0 Å². The zero-order valence-electron chi connectivity index (χ0n) is 39.1. The Kier molecular flexibility index (Phi) is 9.52. The van der Waals surface area contributed by atoms with Crippen molar-refractivity contribution in [3.05, 3.63) is 166 Å². The molecule has 12 rings (SSSR count). The van der Waals surface area contributed by atoms with Crippen molar-refractivity contribution >= 4 is 45.2 Å². The molecule has 2 heterocycles. The number of anilines is 4. The van der Waals surface area contributed by atoms with Crippen LogP contribution < -0.4 is 9.80 Å². The van der Waals surface area contributed by atoms with Crippen LogP contribution >= 0.6 is 0 Å². The van der Waals surface area contributed by atoms with Crippen LogP contribution in [-0.4, -0.2) is 11.1 Å². The van der Waals surface area contributed by atoms with Crippen LogP contribution in [0.1, 0.15) is 129 Å². The van der Waals surface area contributed by atoms with Gasteiger partial charge in [-0.3, -0.25) is 0 Å². The van der Waals surface area contributed by atoms with E-state index in [4.69, 9.17) is 0 Å². The third kappa shape index (κ3) is 6.37. The lowest BCUT2D eigenvalue weighted by Gasteiger charge is -2.60. The van der Waals surface area contributed by atoms with E-state index in [1.807, 2.05) is 0 Å². The van der Waals surface area contributed by atoms with E-state index in [0.29, 0.717) is 0 Å². The molecule has 2 nitrogen and oxygen atoms in total. The van der Waals surface area contributed by atoms with Gasteiger partial charge >= 0.3 is 12.4 Å². The van der Waals surface area contributed by atoms with E-state index in [2.05, 4.69) is 116 Å². The Morgan fingerprint density at radius 2 is 1.09 bits per heavy atom. The predicted octanol–water partition coefficient (Wildman–Crippen LogP) is 17.4. The zero-order valence-corrected chi connectivity index (χ0v) is 39.1. The molecule has 0 N–H and O–H groups in total. The molecule has 0 amide bonds. The van der Waals surface area contributed by atoms with Gasteiger partial charge < -0.3 is 9.80 Å². The summed E-state index contributed by atoms with van der Waals surface area (Å²) in [5.41, 5.74) is 12.9. The molecular weight excluding hydrogens is 863 g/mol. The minimum absolute atomic E-state index is 0.0349. The van der Waals surface area contributed by atoms with E-state index in [-0.39, 0.29) is 27.8 Å². The van der Waals surface area contributed by atoms with Gasteiger partial charge in [-0.2, -0.15) is 26.3 Å². The van der Waals surface area contributed by atoms with Crippen molar-refractivity contribution in [3.8, 4) is 11.1 Å². The summed E-state index contributed by atoms with van der Waals surface area (Å²) in [6.45, 7) is 9.40. The number of alkyl halides is 6. The van der Waals surface area contributed by atoms with Crippen molar-refractivity contribution in [2.24, 2.45) is 10.8 Å². The molecule has 4 aliphatic carbocycles. The molecule has 5 unspecified atom stereocenters. The Morgan fingerprint density at radius 3 is 1.66 bits per heavy atom. The average Bonchev–Trinajstić information content (AvgIpc) is 3.31. The molecule has 2 aliphatic heterocycles. The highest BCUT2D eigenvalue weighted by Crippen LogP contribution is 2.60. The fourth-order valence-electron chi connectivity index (χ4n) is 14.1. The molecule has 2 fully saturated rings. The van der Waals surface area contributed by atoms with Gasteiger partial charge in [0.25, 0.3) is 0 Å². The number of hydrogen-bond acceptors (Lipinski definition) is 2. The van der Waals surface area contributed by atoms with Gasteiger partial charge in [-0.05, 0) is 197 Å². The van der Waals surface area contributed by atoms with Crippen LogP contribution in [0.3, 0.4) is 0 Å². The second kappa shape index (κ2) is 14.9. The highest BCUT2D eigenvalue weighted by atomic mass is 19.4. The second-order valence-corrected chi connectivity index (χ2v) is 21.9. The van der Waals surface area contributed by atoms with E-state index in [9.17, 15) is 26.3 Å². The normalized spacial score (nSPS) is 27.3. The second-order valence-electron chi connectivity index (χ2n) is 21.9. The molecule has 0 spiro atoms. The first kappa shape index (κ1) is 43.5. The molecule has 6 aromatic carbocycles.